The first-order chi connectivity index (χ1) is 10.6. The van der Waals surface area contributed by atoms with Crippen molar-refractivity contribution in [3.05, 3.63) is 57.1 Å². The minimum atomic E-state index is -0.307. The summed E-state index contributed by atoms with van der Waals surface area (Å²) in [5.74, 6) is 0.121. The lowest BCUT2D eigenvalue weighted by Gasteiger charge is -2.13. The molecule has 2 aromatic rings. The number of hydrogen-bond acceptors (Lipinski definition) is 3. The maximum absolute atomic E-state index is 12.3. The molecule has 2 rings (SSSR count). The van der Waals surface area contributed by atoms with Gasteiger partial charge in [-0.2, -0.15) is 0 Å². The second-order valence-electron chi connectivity index (χ2n) is 5.23. The summed E-state index contributed by atoms with van der Waals surface area (Å²) in [5, 5.41) is 0. The lowest BCUT2D eigenvalue weighted by molar-refractivity contribution is 0.295. The van der Waals surface area contributed by atoms with Crippen LogP contribution in [-0.4, -0.2) is 16.0 Å². The fourth-order valence-electron chi connectivity index (χ4n) is 2.32. The third kappa shape index (κ3) is 3.67. The zero-order valence-corrected chi connectivity index (χ0v) is 13.1. The molecular formula is C17H22N2O3. The van der Waals surface area contributed by atoms with Crippen molar-refractivity contribution in [1.29, 1.82) is 0 Å². The number of hydrogen-bond donors (Lipinski definition) is 0. The van der Waals surface area contributed by atoms with Crippen molar-refractivity contribution in [3.8, 4) is 11.4 Å². The second kappa shape index (κ2) is 7.64. The molecule has 0 bridgehead atoms. The van der Waals surface area contributed by atoms with E-state index >= 15 is 0 Å². The summed E-state index contributed by atoms with van der Waals surface area (Å²) in [6.07, 6.45) is 4.25. The molecule has 118 valence electrons. The van der Waals surface area contributed by atoms with E-state index in [4.69, 9.17) is 4.74 Å². The normalized spacial score (nSPS) is 10.6. The van der Waals surface area contributed by atoms with Crippen LogP contribution in [0.4, 0.5) is 0 Å². The summed E-state index contributed by atoms with van der Waals surface area (Å²) in [4.78, 5) is 24.6. The summed E-state index contributed by atoms with van der Waals surface area (Å²) in [6.45, 7) is 2.60. The van der Waals surface area contributed by atoms with Gasteiger partial charge in [0.05, 0.1) is 18.4 Å². The van der Waals surface area contributed by atoms with Crippen molar-refractivity contribution >= 4 is 0 Å². The maximum atomic E-state index is 12.3. The number of ether oxygens (including phenoxy) is 1. The smallest absolute Gasteiger partial charge is 0.307 e. The van der Waals surface area contributed by atoms with E-state index in [0.29, 0.717) is 12.3 Å². The first-order valence-electron chi connectivity index (χ1n) is 7.66. The minimum absolute atomic E-state index is 0.121. The maximum Gasteiger partial charge on any atom is 0.307 e. The highest BCUT2D eigenvalue weighted by Crippen LogP contribution is 2.06. The fourth-order valence-corrected chi connectivity index (χ4v) is 2.32. The van der Waals surface area contributed by atoms with Gasteiger partial charge in [-0.05, 0) is 18.6 Å². The molecule has 1 aromatic carbocycles. The molecule has 5 heteroatoms. The molecule has 0 amide bonds. The summed E-state index contributed by atoms with van der Waals surface area (Å²) in [5.41, 5.74) is 0.0670. The van der Waals surface area contributed by atoms with Gasteiger partial charge in [0.25, 0.3) is 5.56 Å². The third-order valence-corrected chi connectivity index (χ3v) is 3.52. The minimum Gasteiger partial charge on any atom is -0.488 e. The summed E-state index contributed by atoms with van der Waals surface area (Å²) < 4.78 is 8.12. The van der Waals surface area contributed by atoms with Gasteiger partial charge in [-0.1, -0.05) is 44.4 Å². The van der Waals surface area contributed by atoms with E-state index in [9.17, 15) is 9.59 Å². The van der Waals surface area contributed by atoms with Crippen LogP contribution in [0.15, 0.2) is 46.0 Å². The van der Waals surface area contributed by atoms with E-state index < -0.39 is 0 Å². The van der Waals surface area contributed by atoms with Crippen LogP contribution in [-0.2, 0) is 7.05 Å². The fraction of sp³-hybridized carbons (Fsp3) is 0.412. The van der Waals surface area contributed by atoms with E-state index in [1.54, 1.807) is 19.2 Å². The Balaban J connectivity index is 2.23. The highest BCUT2D eigenvalue weighted by Gasteiger charge is 2.11. The lowest BCUT2D eigenvalue weighted by atomic mass is 10.2. The van der Waals surface area contributed by atoms with Crippen molar-refractivity contribution in [3.63, 3.8) is 0 Å². The van der Waals surface area contributed by atoms with Gasteiger partial charge in [0.2, 0.25) is 0 Å². The topological polar surface area (TPSA) is 53.2 Å². The molecule has 1 aromatic heterocycles. The third-order valence-electron chi connectivity index (χ3n) is 3.52. The molecule has 0 saturated heterocycles. The molecule has 1 heterocycles. The summed E-state index contributed by atoms with van der Waals surface area (Å²) in [6, 6.07) is 10.3. The van der Waals surface area contributed by atoms with Crippen LogP contribution in [0.25, 0.3) is 5.69 Å². The number of aromatic nitrogens is 2. The Bertz CT molecular complexity index is 717. The molecule has 22 heavy (non-hydrogen) atoms. The molecule has 0 spiro atoms. The van der Waals surface area contributed by atoms with Gasteiger partial charge in [-0.25, -0.2) is 9.36 Å². The Kier molecular flexibility index (Phi) is 5.58. The largest absolute Gasteiger partial charge is 0.488 e. The van der Waals surface area contributed by atoms with Crippen molar-refractivity contribution in [2.45, 2.75) is 32.6 Å². The van der Waals surface area contributed by atoms with Crippen LogP contribution in [0.2, 0.25) is 0 Å². The first kappa shape index (κ1) is 16.1. The SMILES string of the molecule is CCCCCCOc1cc(=O)n(-c2ccccc2)n(C)c1=O. The molecule has 0 fully saturated rings. The number of rotatable bonds is 7. The van der Waals surface area contributed by atoms with Crippen molar-refractivity contribution in [2.75, 3.05) is 6.61 Å². The molecule has 0 atom stereocenters. The number of benzene rings is 1. The Morgan fingerprint density at radius 1 is 1.05 bits per heavy atom. The highest BCUT2D eigenvalue weighted by atomic mass is 16.5. The zero-order chi connectivity index (χ0) is 15.9. The van der Waals surface area contributed by atoms with Crippen LogP contribution in [0.3, 0.4) is 0 Å². The molecule has 0 aliphatic carbocycles. The van der Waals surface area contributed by atoms with Crippen molar-refractivity contribution in [1.82, 2.24) is 9.36 Å². The number of nitrogens with zero attached hydrogens (tertiary/aromatic N) is 2. The van der Waals surface area contributed by atoms with Crippen LogP contribution in [0.5, 0.6) is 5.75 Å². The Morgan fingerprint density at radius 3 is 2.45 bits per heavy atom. The molecule has 5 nitrogen and oxygen atoms in total. The van der Waals surface area contributed by atoms with Crippen molar-refractivity contribution < 1.29 is 4.74 Å². The van der Waals surface area contributed by atoms with E-state index in [-0.39, 0.29) is 16.9 Å². The predicted octanol–water partition coefficient (Wildman–Crippen LogP) is 2.50. The average molecular weight is 302 g/mol. The van der Waals surface area contributed by atoms with Crippen LogP contribution in [0.1, 0.15) is 32.6 Å². The molecular weight excluding hydrogens is 280 g/mol. The van der Waals surface area contributed by atoms with E-state index in [0.717, 1.165) is 25.7 Å². The van der Waals surface area contributed by atoms with Gasteiger partial charge in [0.1, 0.15) is 0 Å². The summed E-state index contributed by atoms with van der Waals surface area (Å²) in [7, 11) is 1.57. The highest BCUT2D eigenvalue weighted by molar-refractivity contribution is 5.31. The average Bonchev–Trinajstić information content (AvgIpc) is 2.53. The van der Waals surface area contributed by atoms with Crippen molar-refractivity contribution in [2.24, 2.45) is 7.05 Å². The second-order valence-corrected chi connectivity index (χ2v) is 5.23. The van der Waals surface area contributed by atoms with Crippen LogP contribution in [0, 0.1) is 0 Å². The van der Waals surface area contributed by atoms with Crippen LogP contribution >= 0.6 is 0 Å². The standard InChI is InChI=1S/C17H22N2O3/c1-3-4-5-9-12-22-15-13-16(20)19(18(2)17(15)21)14-10-7-6-8-11-14/h6-8,10-11,13H,3-5,9,12H2,1-2H3. The van der Waals surface area contributed by atoms with Gasteiger partial charge in [-0.3, -0.25) is 9.59 Å². The molecule has 0 N–H and O–H groups in total. The number of unbranched alkanes of at least 4 members (excludes halogenated alkanes) is 3. The van der Waals surface area contributed by atoms with E-state index in [1.165, 1.54) is 15.4 Å². The zero-order valence-electron chi connectivity index (χ0n) is 13.1. The predicted molar refractivity (Wildman–Crippen MR) is 86.9 cm³/mol. The Labute approximate surface area is 129 Å². The first-order valence-corrected chi connectivity index (χ1v) is 7.66. The van der Waals surface area contributed by atoms with E-state index in [1.807, 2.05) is 18.2 Å². The molecule has 0 aliphatic rings. The van der Waals surface area contributed by atoms with E-state index in [2.05, 4.69) is 6.92 Å². The van der Waals surface area contributed by atoms with Gasteiger partial charge in [-0.15, -0.1) is 0 Å². The monoisotopic (exact) mass is 302 g/mol. The lowest BCUT2D eigenvalue weighted by Crippen LogP contribution is -2.36. The van der Waals surface area contributed by atoms with Gasteiger partial charge in [0, 0.05) is 7.05 Å². The van der Waals surface area contributed by atoms with Gasteiger partial charge >= 0.3 is 5.56 Å². The Hall–Kier alpha value is -2.30. The van der Waals surface area contributed by atoms with Gasteiger partial charge in [0.15, 0.2) is 5.75 Å². The molecule has 0 unspecified atom stereocenters. The van der Waals surface area contributed by atoms with Gasteiger partial charge < -0.3 is 4.74 Å². The quantitative estimate of drug-likeness (QED) is 0.738. The summed E-state index contributed by atoms with van der Waals surface area (Å²) >= 11 is 0. The molecule has 0 aliphatic heterocycles. The molecule has 0 radical (unpaired) electrons. The van der Waals surface area contributed by atoms with Crippen LogP contribution < -0.4 is 15.9 Å². The number of para-hydroxylation sites is 1. The Morgan fingerprint density at radius 2 is 1.77 bits per heavy atom. The molecule has 0 saturated carbocycles.